The molecule has 0 bridgehead atoms. The molecule has 0 radical (unpaired) electrons. The van der Waals surface area contributed by atoms with Crippen LogP contribution in [-0.2, 0) is 19.3 Å². The van der Waals surface area contributed by atoms with Gasteiger partial charge < -0.3 is 4.42 Å². The van der Waals surface area contributed by atoms with E-state index in [1.807, 2.05) is 6.92 Å². The highest BCUT2D eigenvalue weighted by Crippen LogP contribution is 2.46. The lowest BCUT2D eigenvalue weighted by Crippen LogP contribution is -2.55. The zero-order valence-electron chi connectivity index (χ0n) is 32.1. The number of furan rings is 1. The van der Waals surface area contributed by atoms with Gasteiger partial charge in [0.1, 0.15) is 5.58 Å². The molecular formula is C48H53N3OSi+2. The molecular weight excluding hydrogens is 663 g/mol. The van der Waals surface area contributed by atoms with Gasteiger partial charge in [0, 0.05) is 50.8 Å². The fourth-order valence-corrected chi connectivity index (χ4v) is 12.4. The summed E-state index contributed by atoms with van der Waals surface area (Å²) in [4.78, 5) is 4.81. The minimum absolute atomic E-state index is 0.281. The summed E-state index contributed by atoms with van der Waals surface area (Å²) in [5, 5.41) is 3.92. The smallest absolute Gasteiger partial charge is 0.227 e. The normalized spacial score (nSPS) is 20.3. The fourth-order valence-electron chi connectivity index (χ4n) is 10.7. The van der Waals surface area contributed by atoms with Crippen molar-refractivity contribution in [1.82, 2.24) is 4.98 Å². The zero-order chi connectivity index (χ0) is 36.0. The molecule has 0 spiro atoms. The molecule has 2 aliphatic heterocycles. The van der Waals surface area contributed by atoms with E-state index in [4.69, 9.17) is 16.0 Å². The molecule has 1 fully saturated rings. The van der Waals surface area contributed by atoms with Gasteiger partial charge in [0.15, 0.2) is 24.1 Å². The van der Waals surface area contributed by atoms with Crippen molar-refractivity contribution >= 4 is 41.0 Å². The molecule has 2 aromatic carbocycles. The van der Waals surface area contributed by atoms with Crippen LogP contribution in [0.4, 0.5) is 0 Å². The van der Waals surface area contributed by atoms with Crippen molar-refractivity contribution in [3.05, 3.63) is 113 Å². The first kappa shape index (κ1) is 33.2. The van der Waals surface area contributed by atoms with Gasteiger partial charge in [-0.25, -0.2) is 4.98 Å². The molecule has 268 valence electrons. The number of nitrogens with zero attached hydrogens (tertiary/aromatic N) is 3. The van der Waals surface area contributed by atoms with E-state index in [1.165, 1.54) is 95.4 Å². The lowest BCUT2D eigenvalue weighted by molar-refractivity contribution is -0.719. The lowest BCUT2D eigenvalue weighted by Gasteiger charge is -2.34. The van der Waals surface area contributed by atoms with E-state index >= 15 is 0 Å². The van der Waals surface area contributed by atoms with Gasteiger partial charge in [-0.05, 0) is 123 Å². The van der Waals surface area contributed by atoms with Crippen molar-refractivity contribution in [3.8, 4) is 22.5 Å². The van der Waals surface area contributed by atoms with Crippen LogP contribution >= 0.6 is 0 Å². The average molecular weight is 716 g/mol. The number of aryl methyl sites for hydroxylation is 3. The Morgan fingerprint density at radius 2 is 1.62 bits per heavy atom. The number of hydrogen-bond donors (Lipinski definition) is 0. The number of pyridine rings is 3. The Hall–Kier alpha value is -4.35. The standard InChI is InChI=1S/C48H53N3OSi/c1-30-19-21-39-42-27-41-34(26-45(42)52-48(39)49-30)20-22-38-36-17-11-12-18-37(36)44-28-40(32-13-7-6-8-14-32)46(53(3,4)5)29-51(44)43(38)25-31(2)50-24-23-33-15-9-10-16-35(33)47(41)50/h11-12,17-19,21,23-24,26-29,32,38,43H,2,6-10,13-16,20,22,25H2,1,3-5H3/q+2. The maximum atomic E-state index is 6.53. The predicted molar refractivity (Wildman–Crippen MR) is 219 cm³/mol. The Morgan fingerprint density at radius 3 is 2.47 bits per heavy atom. The van der Waals surface area contributed by atoms with Crippen LogP contribution in [0.5, 0.6) is 0 Å². The van der Waals surface area contributed by atoms with Crippen molar-refractivity contribution in [2.75, 3.05) is 0 Å². The molecule has 2 aliphatic carbocycles. The van der Waals surface area contributed by atoms with E-state index in [0.717, 1.165) is 59.9 Å². The predicted octanol–water partition coefficient (Wildman–Crippen LogP) is 10.8. The van der Waals surface area contributed by atoms with Crippen LogP contribution in [0.1, 0.15) is 109 Å². The van der Waals surface area contributed by atoms with Crippen LogP contribution in [0, 0.1) is 6.92 Å². The van der Waals surface area contributed by atoms with E-state index in [-0.39, 0.29) is 6.04 Å². The molecule has 2 atom stereocenters. The van der Waals surface area contributed by atoms with E-state index in [9.17, 15) is 0 Å². The highest BCUT2D eigenvalue weighted by Gasteiger charge is 2.45. The summed E-state index contributed by atoms with van der Waals surface area (Å²) in [7, 11) is -1.66. The molecule has 4 nitrogen and oxygen atoms in total. The molecule has 6 aromatic rings. The third kappa shape index (κ3) is 5.48. The molecule has 2 unspecified atom stereocenters. The van der Waals surface area contributed by atoms with Crippen LogP contribution in [0.2, 0.25) is 19.6 Å². The lowest BCUT2D eigenvalue weighted by atomic mass is 9.76. The van der Waals surface area contributed by atoms with Crippen LogP contribution < -0.4 is 14.3 Å². The van der Waals surface area contributed by atoms with Crippen molar-refractivity contribution in [2.24, 2.45) is 0 Å². The van der Waals surface area contributed by atoms with Crippen molar-refractivity contribution in [1.29, 1.82) is 0 Å². The van der Waals surface area contributed by atoms with Crippen molar-refractivity contribution in [2.45, 2.75) is 121 Å². The monoisotopic (exact) mass is 715 g/mol. The van der Waals surface area contributed by atoms with Gasteiger partial charge in [0.2, 0.25) is 17.1 Å². The van der Waals surface area contributed by atoms with Gasteiger partial charge in [-0.3, -0.25) is 0 Å². The van der Waals surface area contributed by atoms with E-state index < -0.39 is 8.07 Å². The van der Waals surface area contributed by atoms with Gasteiger partial charge in [-0.2, -0.15) is 9.13 Å². The maximum absolute atomic E-state index is 6.53. The zero-order valence-corrected chi connectivity index (χ0v) is 33.1. The molecule has 4 aromatic heterocycles. The quantitative estimate of drug-likeness (QED) is 0.132. The second-order valence-corrected chi connectivity index (χ2v) is 22.8. The van der Waals surface area contributed by atoms with Crippen molar-refractivity contribution in [3.63, 3.8) is 0 Å². The summed E-state index contributed by atoms with van der Waals surface area (Å²) in [6.45, 7) is 14.7. The van der Waals surface area contributed by atoms with Crippen molar-refractivity contribution < 1.29 is 13.6 Å². The van der Waals surface area contributed by atoms with Gasteiger partial charge >= 0.3 is 0 Å². The number of benzene rings is 2. The highest BCUT2D eigenvalue weighted by molar-refractivity contribution is 6.89. The van der Waals surface area contributed by atoms with Gasteiger partial charge in [-0.15, -0.1) is 0 Å². The van der Waals surface area contributed by atoms with Crippen LogP contribution in [0.25, 0.3) is 50.3 Å². The molecule has 1 saturated carbocycles. The molecule has 5 heteroatoms. The van der Waals surface area contributed by atoms with Crippen LogP contribution in [-0.4, -0.2) is 13.1 Å². The van der Waals surface area contributed by atoms with Crippen LogP contribution in [0.15, 0.2) is 84.1 Å². The molecule has 0 N–H and O–H groups in total. The summed E-state index contributed by atoms with van der Waals surface area (Å²) >= 11 is 0. The summed E-state index contributed by atoms with van der Waals surface area (Å²) in [6, 6.07) is 23.8. The van der Waals surface area contributed by atoms with E-state index in [2.05, 4.69) is 102 Å². The second-order valence-electron chi connectivity index (χ2n) is 17.7. The molecule has 10 rings (SSSR count). The van der Waals surface area contributed by atoms with E-state index in [1.54, 1.807) is 10.8 Å². The molecule has 0 amide bonds. The van der Waals surface area contributed by atoms with Gasteiger partial charge in [-0.1, -0.05) is 57.1 Å². The minimum atomic E-state index is -1.66. The van der Waals surface area contributed by atoms with Gasteiger partial charge in [0.25, 0.3) is 0 Å². The topological polar surface area (TPSA) is 33.8 Å². The fraction of sp³-hybridized carbons (Fsp3) is 0.396. The Morgan fingerprint density at radius 1 is 0.792 bits per heavy atom. The molecule has 4 aliphatic rings. The van der Waals surface area contributed by atoms with Gasteiger partial charge in [0.05, 0.1) is 20.1 Å². The number of hydrogen-bond acceptors (Lipinski definition) is 2. The summed E-state index contributed by atoms with van der Waals surface area (Å²) in [5.74, 6) is 1.04. The Balaban J connectivity index is 1.20. The first-order valence-corrected chi connectivity index (χ1v) is 24.0. The number of aromatic nitrogens is 3. The Bertz CT molecular complexity index is 2460. The molecule has 6 heterocycles. The summed E-state index contributed by atoms with van der Waals surface area (Å²) < 4.78 is 11.8. The minimum Gasteiger partial charge on any atom is -0.438 e. The number of rotatable bonds is 2. The third-order valence-electron chi connectivity index (χ3n) is 13.4. The Kier molecular flexibility index (Phi) is 7.91. The highest BCUT2D eigenvalue weighted by atomic mass is 28.3. The van der Waals surface area contributed by atoms with E-state index in [0.29, 0.717) is 11.8 Å². The maximum Gasteiger partial charge on any atom is 0.227 e. The largest absolute Gasteiger partial charge is 0.438 e. The van der Waals surface area contributed by atoms with Crippen LogP contribution in [0.3, 0.4) is 0 Å². The summed E-state index contributed by atoms with van der Waals surface area (Å²) in [6.07, 6.45) is 19.5. The first-order chi connectivity index (χ1) is 25.7. The Labute approximate surface area is 315 Å². The number of fused-ring (bicyclic) bond motifs is 14. The average Bonchev–Trinajstić information content (AvgIpc) is 3.52. The SMILES string of the molecule is C=C1CC2C(CCc3cc4oc5nc(C)ccc5c4cc3-c3c4c(cc[n+]31)CCCC4)c1ccccc1-c1cc(C3CCCCC3)c([Si](C)(C)C)c[n+]12. The molecule has 53 heavy (non-hydrogen) atoms. The summed E-state index contributed by atoms with van der Waals surface area (Å²) in [5.41, 5.74) is 16.9. The third-order valence-corrected chi connectivity index (χ3v) is 15.4. The first-order valence-electron chi connectivity index (χ1n) is 20.5. The molecule has 0 saturated heterocycles. The second kappa shape index (κ2) is 12.6. The number of allylic oxidation sites excluding steroid dienone is 1.